The summed E-state index contributed by atoms with van der Waals surface area (Å²) in [5.74, 6) is -1.30. The van der Waals surface area contributed by atoms with Crippen LogP contribution in [0.1, 0.15) is 47.3 Å². The van der Waals surface area contributed by atoms with Gasteiger partial charge in [-0.05, 0) is 35.2 Å². The largest absolute Gasteiger partial charge is 0.465 e. The minimum atomic E-state index is -4.08. The monoisotopic (exact) mass is 394 g/mol. The number of hydrogen-bond acceptors (Lipinski definition) is 5. The Bertz CT molecular complexity index is 912. The number of rotatable bonds is 7. The Labute approximate surface area is 158 Å². The van der Waals surface area contributed by atoms with E-state index in [1.165, 1.54) is 0 Å². The van der Waals surface area contributed by atoms with E-state index in [4.69, 9.17) is 5.73 Å². The highest BCUT2D eigenvalue weighted by atomic mass is 32.2. The van der Waals surface area contributed by atoms with Crippen molar-refractivity contribution in [2.75, 3.05) is 13.7 Å². The third-order valence-electron chi connectivity index (χ3n) is 4.16. The minimum absolute atomic E-state index is 0.0820. The molecule has 2 aromatic carbocycles. The van der Waals surface area contributed by atoms with Crippen LogP contribution in [0.3, 0.4) is 0 Å². The SMILES string of the molecule is COC(=O)c1cc(F)ccc1S(=O)(=O)NCC(N)c1ccc(C(C)C)cc1. The van der Waals surface area contributed by atoms with Gasteiger partial charge in [-0.3, -0.25) is 0 Å². The zero-order valence-electron chi connectivity index (χ0n) is 15.4. The van der Waals surface area contributed by atoms with Gasteiger partial charge in [-0.2, -0.15) is 0 Å². The van der Waals surface area contributed by atoms with E-state index in [0.717, 1.165) is 36.4 Å². The first kappa shape index (κ1) is 21.0. The highest BCUT2D eigenvalue weighted by molar-refractivity contribution is 7.89. The third kappa shape index (κ3) is 5.12. The lowest BCUT2D eigenvalue weighted by molar-refractivity contribution is 0.0595. The average Bonchev–Trinajstić information content (AvgIpc) is 2.65. The average molecular weight is 394 g/mol. The molecule has 0 aromatic heterocycles. The van der Waals surface area contributed by atoms with Gasteiger partial charge >= 0.3 is 5.97 Å². The maximum Gasteiger partial charge on any atom is 0.339 e. The second-order valence-corrected chi connectivity index (χ2v) is 8.15. The van der Waals surface area contributed by atoms with Gasteiger partial charge in [0.25, 0.3) is 0 Å². The zero-order chi connectivity index (χ0) is 20.2. The number of carbonyl (C=O) groups excluding carboxylic acids is 1. The molecule has 1 atom stereocenters. The van der Waals surface area contributed by atoms with E-state index < -0.39 is 27.9 Å². The summed E-state index contributed by atoms with van der Waals surface area (Å²) in [6.45, 7) is 4.07. The first-order valence-electron chi connectivity index (χ1n) is 8.38. The second kappa shape index (κ2) is 8.60. The Hall–Kier alpha value is -2.29. The van der Waals surface area contributed by atoms with Crippen molar-refractivity contribution < 1.29 is 22.3 Å². The van der Waals surface area contributed by atoms with Crippen LogP contribution >= 0.6 is 0 Å². The summed E-state index contributed by atoms with van der Waals surface area (Å²) in [6.07, 6.45) is 0. The number of esters is 1. The summed E-state index contributed by atoms with van der Waals surface area (Å²) in [4.78, 5) is 11.4. The van der Waals surface area contributed by atoms with Crippen LogP contribution < -0.4 is 10.5 Å². The molecule has 0 radical (unpaired) electrons. The fourth-order valence-electron chi connectivity index (χ4n) is 2.53. The summed E-state index contributed by atoms with van der Waals surface area (Å²) in [6, 6.07) is 9.83. The van der Waals surface area contributed by atoms with Crippen molar-refractivity contribution in [2.45, 2.75) is 30.7 Å². The molecule has 0 spiro atoms. The van der Waals surface area contributed by atoms with E-state index in [1.807, 2.05) is 24.3 Å². The fourth-order valence-corrected chi connectivity index (χ4v) is 3.76. The van der Waals surface area contributed by atoms with Crippen molar-refractivity contribution in [2.24, 2.45) is 5.73 Å². The first-order valence-corrected chi connectivity index (χ1v) is 9.87. The Morgan fingerprint density at radius 1 is 1.15 bits per heavy atom. The molecular weight excluding hydrogens is 371 g/mol. The van der Waals surface area contributed by atoms with Gasteiger partial charge < -0.3 is 10.5 Å². The predicted octanol–water partition coefficient (Wildman–Crippen LogP) is 2.71. The van der Waals surface area contributed by atoms with Crippen LogP contribution in [-0.2, 0) is 14.8 Å². The van der Waals surface area contributed by atoms with Crippen molar-refractivity contribution in [1.29, 1.82) is 0 Å². The molecule has 1 unspecified atom stereocenters. The van der Waals surface area contributed by atoms with Crippen LogP contribution in [0.4, 0.5) is 4.39 Å². The summed E-state index contributed by atoms with van der Waals surface area (Å²) in [5, 5.41) is 0. The number of halogens is 1. The zero-order valence-corrected chi connectivity index (χ0v) is 16.2. The van der Waals surface area contributed by atoms with E-state index in [0.29, 0.717) is 5.92 Å². The van der Waals surface area contributed by atoms with E-state index in [9.17, 15) is 17.6 Å². The summed E-state index contributed by atoms with van der Waals surface area (Å²) >= 11 is 0. The molecule has 0 saturated heterocycles. The molecule has 6 nitrogen and oxygen atoms in total. The molecule has 0 saturated carbocycles. The number of nitrogens with one attached hydrogen (secondary N) is 1. The Morgan fingerprint density at radius 3 is 2.30 bits per heavy atom. The molecular formula is C19H23FN2O4S. The van der Waals surface area contributed by atoms with Gasteiger partial charge in [-0.15, -0.1) is 0 Å². The van der Waals surface area contributed by atoms with E-state index in [2.05, 4.69) is 23.3 Å². The normalized spacial score (nSPS) is 12.8. The van der Waals surface area contributed by atoms with Gasteiger partial charge in [-0.1, -0.05) is 38.1 Å². The standard InChI is InChI=1S/C19H23FN2O4S/c1-12(2)13-4-6-14(7-5-13)17(21)11-22-27(24,25)18-9-8-15(20)10-16(18)19(23)26-3/h4-10,12,17,22H,11,21H2,1-3H3. The Morgan fingerprint density at radius 2 is 1.74 bits per heavy atom. The lowest BCUT2D eigenvalue weighted by Crippen LogP contribution is -2.33. The first-order chi connectivity index (χ1) is 12.7. The molecule has 2 aromatic rings. The van der Waals surface area contributed by atoms with Crippen LogP contribution in [0, 0.1) is 5.82 Å². The molecule has 0 aliphatic carbocycles. The molecule has 3 N–H and O–H groups in total. The molecule has 0 aliphatic rings. The predicted molar refractivity (Wildman–Crippen MR) is 100 cm³/mol. The number of sulfonamides is 1. The molecule has 8 heteroatoms. The Balaban J connectivity index is 2.18. The van der Waals surface area contributed by atoms with Crippen LogP contribution in [0.25, 0.3) is 0 Å². The molecule has 0 aliphatic heterocycles. The topological polar surface area (TPSA) is 98.5 Å². The van der Waals surface area contributed by atoms with E-state index in [-0.39, 0.29) is 17.0 Å². The fraction of sp³-hybridized carbons (Fsp3) is 0.316. The number of methoxy groups -OCH3 is 1. The van der Waals surface area contributed by atoms with Crippen molar-refractivity contribution in [3.8, 4) is 0 Å². The molecule has 0 heterocycles. The van der Waals surface area contributed by atoms with Gasteiger partial charge in [-0.25, -0.2) is 22.3 Å². The van der Waals surface area contributed by atoms with Crippen molar-refractivity contribution >= 4 is 16.0 Å². The smallest absolute Gasteiger partial charge is 0.339 e. The van der Waals surface area contributed by atoms with Crippen molar-refractivity contribution in [3.63, 3.8) is 0 Å². The third-order valence-corrected chi connectivity index (χ3v) is 5.64. The van der Waals surface area contributed by atoms with E-state index in [1.54, 1.807) is 0 Å². The lowest BCUT2D eigenvalue weighted by Gasteiger charge is -2.16. The van der Waals surface area contributed by atoms with Crippen molar-refractivity contribution in [1.82, 2.24) is 4.72 Å². The summed E-state index contributed by atoms with van der Waals surface area (Å²) in [5.41, 5.74) is 7.63. The molecule has 0 fully saturated rings. The number of hydrogen-bond donors (Lipinski definition) is 2. The Kier molecular flexibility index (Phi) is 6.69. The number of carbonyl (C=O) groups is 1. The molecule has 146 valence electrons. The molecule has 27 heavy (non-hydrogen) atoms. The van der Waals surface area contributed by atoms with Crippen molar-refractivity contribution in [3.05, 3.63) is 65.0 Å². The highest BCUT2D eigenvalue weighted by Crippen LogP contribution is 2.20. The minimum Gasteiger partial charge on any atom is -0.465 e. The molecule has 0 bridgehead atoms. The van der Waals surface area contributed by atoms with Gasteiger partial charge in [0.1, 0.15) is 5.82 Å². The maximum absolute atomic E-state index is 13.4. The van der Waals surface area contributed by atoms with Crippen LogP contribution in [0.15, 0.2) is 47.4 Å². The van der Waals surface area contributed by atoms with Gasteiger partial charge in [0.15, 0.2) is 0 Å². The number of ether oxygens (including phenoxy) is 1. The summed E-state index contributed by atoms with van der Waals surface area (Å²) in [7, 11) is -2.99. The maximum atomic E-state index is 13.4. The quantitative estimate of drug-likeness (QED) is 0.704. The van der Waals surface area contributed by atoms with Crippen LogP contribution in [0.2, 0.25) is 0 Å². The molecule has 0 amide bonds. The van der Waals surface area contributed by atoms with Crippen LogP contribution in [0.5, 0.6) is 0 Å². The second-order valence-electron chi connectivity index (χ2n) is 6.41. The van der Waals surface area contributed by atoms with Gasteiger partial charge in [0.05, 0.1) is 17.6 Å². The van der Waals surface area contributed by atoms with E-state index >= 15 is 0 Å². The highest BCUT2D eigenvalue weighted by Gasteiger charge is 2.24. The lowest BCUT2D eigenvalue weighted by atomic mass is 9.99. The number of benzene rings is 2. The van der Waals surface area contributed by atoms with Gasteiger partial charge in [0.2, 0.25) is 10.0 Å². The van der Waals surface area contributed by atoms with Gasteiger partial charge in [0, 0.05) is 12.6 Å². The molecule has 2 rings (SSSR count). The summed E-state index contributed by atoms with van der Waals surface area (Å²) < 4.78 is 45.4. The number of nitrogens with two attached hydrogens (primary N) is 1. The van der Waals surface area contributed by atoms with Crippen LogP contribution in [-0.4, -0.2) is 28.0 Å².